The number of hydrogen-bond donors (Lipinski definition) is 0. The lowest BCUT2D eigenvalue weighted by atomic mass is 9.90. The van der Waals surface area contributed by atoms with Gasteiger partial charge in [-0.05, 0) is 55.0 Å². The van der Waals surface area contributed by atoms with E-state index in [1.54, 1.807) is 4.68 Å². The number of benzene rings is 3. The zero-order valence-corrected chi connectivity index (χ0v) is 19.2. The number of aromatic nitrogens is 2. The quantitative estimate of drug-likeness (QED) is 0.354. The van der Waals surface area contributed by atoms with Gasteiger partial charge in [-0.3, -0.25) is 4.79 Å². The third-order valence-corrected chi connectivity index (χ3v) is 6.68. The number of rotatable bonds is 5. The zero-order valence-electron chi connectivity index (χ0n) is 18.4. The molecule has 166 valence electrons. The molecule has 0 saturated carbocycles. The summed E-state index contributed by atoms with van der Waals surface area (Å²) in [7, 11) is 0. The number of carbonyl (C=O) groups excluding carboxylic acids is 1. The summed E-state index contributed by atoms with van der Waals surface area (Å²) in [6, 6.07) is 29.9. The van der Waals surface area contributed by atoms with Crippen molar-refractivity contribution in [2.75, 3.05) is 13.1 Å². The number of halogens is 1. The molecule has 0 radical (unpaired) electrons. The molecule has 0 N–H and O–H groups in total. The predicted molar refractivity (Wildman–Crippen MR) is 133 cm³/mol. The maximum atomic E-state index is 13.6. The molecule has 1 fully saturated rings. The smallest absolute Gasteiger partial charge is 0.272 e. The number of piperidine rings is 1. The molecule has 0 aliphatic carbocycles. The fourth-order valence-corrected chi connectivity index (χ4v) is 4.78. The molecule has 0 spiro atoms. The van der Waals surface area contributed by atoms with Crippen LogP contribution in [0.2, 0.25) is 5.02 Å². The predicted octanol–water partition coefficient (Wildman–Crippen LogP) is 6.29. The van der Waals surface area contributed by atoms with E-state index in [-0.39, 0.29) is 5.91 Å². The van der Waals surface area contributed by atoms with Crippen molar-refractivity contribution in [1.29, 1.82) is 0 Å². The summed E-state index contributed by atoms with van der Waals surface area (Å²) in [5.41, 5.74) is 4.32. The van der Waals surface area contributed by atoms with Gasteiger partial charge in [0.25, 0.3) is 5.91 Å². The molecule has 1 saturated heterocycles. The summed E-state index contributed by atoms with van der Waals surface area (Å²) in [6.07, 6.45) is 3.09. The molecule has 5 heteroatoms. The van der Waals surface area contributed by atoms with Gasteiger partial charge in [0.1, 0.15) is 5.69 Å². The van der Waals surface area contributed by atoms with Crippen LogP contribution < -0.4 is 0 Å². The summed E-state index contributed by atoms with van der Waals surface area (Å²) < 4.78 is 1.75. The number of para-hydroxylation sites is 1. The molecule has 5 rings (SSSR count). The van der Waals surface area contributed by atoms with Gasteiger partial charge >= 0.3 is 0 Å². The van der Waals surface area contributed by atoms with Crippen molar-refractivity contribution in [3.63, 3.8) is 0 Å². The lowest BCUT2D eigenvalue weighted by Crippen LogP contribution is -2.39. The normalized spacial score (nSPS) is 14.4. The van der Waals surface area contributed by atoms with Crippen molar-refractivity contribution in [2.45, 2.75) is 19.3 Å². The molecule has 2 heterocycles. The highest BCUT2D eigenvalue weighted by atomic mass is 35.5. The number of hydrogen-bond acceptors (Lipinski definition) is 2. The van der Waals surface area contributed by atoms with E-state index in [0.29, 0.717) is 22.3 Å². The molecule has 0 bridgehead atoms. The second kappa shape index (κ2) is 9.63. The van der Waals surface area contributed by atoms with E-state index in [2.05, 4.69) is 30.3 Å². The van der Waals surface area contributed by atoms with Crippen LogP contribution in [0.1, 0.15) is 28.9 Å². The average Bonchev–Trinajstić information content (AvgIpc) is 3.31. The van der Waals surface area contributed by atoms with Crippen LogP contribution in [0.25, 0.3) is 16.9 Å². The topological polar surface area (TPSA) is 38.1 Å². The summed E-state index contributed by atoms with van der Waals surface area (Å²) in [5, 5.41) is 5.40. The van der Waals surface area contributed by atoms with Crippen LogP contribution in [-0.4, -0.2) is 33.7 Å². The summed E-state index contributed by atoms with van der Waals surface area (Å²) >= 11 is 6.43. The Morgan fingerprint density at radius 3 is 2.21 bits per heavy atom. The molecule has 0 atom stereocenters. The van der Waals surface area contributed by atoms with Crippen LogP contribution in [-0.2, 0) is 6.42 Å². The highest BCUT2D eigenvalue weighted by molar-refractivity contribution is 6.33. The highest BCUT2D eigenvalue weighted by Crippen LogP contribution is 2.29. The number of nitrogens with zero attached hydrogens (tertiary/aromatic N) is 3. The van der Waals surface area contributed by atoms with Gasteiger partial charge < -0.3 is 4.90 Å². The molecular formula is C28H26ClN3O. The van der Waals surface area contributed by atoms with Crippen molar-refractivity contribution in [2.24, 2.45) is 5.92 Å². The van der Waals surface area contributed by atoms with Crippen molar-refractivity contribution in [3.8, 4) is 16.9 Å². The van der Waals surface area contributed by atoms with Crippen LogP contribution >= 0.6 is 11.6 Å². The van der Waals surface area contributed by atoms with Gasteiger partial charge in [0.2, 0.25) is 0 Å². The standard InChI is InChI=1S/C28H26ClN3O/c29-25-14-8-7-13-24(25)26-20-27(32(30-26)23-11-5-2-6-12-23)28(33)31-17-15-22(16-18-31)19-21-9-3-1-4-10-21/h1-14,20,22H,15-19H2. The summed E-state index contributed by atoms with van der Waals surface area (Å²) in [4.78, 5) is 15.6. The van der Waals surface area contributed by atoms with Gasteiger partial charge in [0.15, 0.2) is 0 Å². The lowest BCUT2D eigenvalue weighted by Gasteiger charge is -2.32. The molecular weight excluding hydrogens is 430 g/mol. The van der Waals surface area contributed by atoms with Gasteiger partial charge in [-0.25, -0.2) is 4.68 Å². The molecule has 1 amide bonds. The van der Waals surface area contributed by atoms with Gasteiger partial charge in [0.05, 0.1) is 16.4 Å². The second-order valence-electron chi connectivity index (χ2n) is 8.57. The van der Waals surface area contributed by atoms with Crippen LogP contribution in [0.5, 0.6) is 0 Å². The maximum Gasteiger partial charge on any atom is 0.272 e. The molecule has 1 aromatic heterocycles. The Morgan fingerprint density at radius 2 is 1.52 bits per heavy atom. The van der Waals surface area contributed by atoms with E-state index in [1.165, 1.54) is 5.56 Å². The van der Waals surface area contributed by atoms with Crippen molar-refractivity contribution < 1.29 is 4.79 Å². The Balaban J connectivity index is 1.39. The van der Waals surface area contributed by atoms with Gasteiger partial charge in [0, 0.05) is 18.7 Å². The number of amides is 1. The Morgan fingerprint density at radius 1 is 0.879 bits per heavy atom. The first-order valence-electron chi connectivity index (χ1n) is 11.4. The summed E-state index contributed by atoms with van der Waals surface area (Å²) in [5.74, 6) is 0.622. The molecule has 0 unspecified atom stereocenters. The lowest BCUT2D eigenvalue weighted by molar-refractivity contribution is 0.0681. The van der Waals surface area contributed by atoms with Gasteiger partial charge in [-0.1, -0.05) is 78.3 Å². The van der Waals surface area contributed by atoms with Crippen molar-refractivity contribution in [3.05, 3.63) is 107 Å². The Hall–Kier alpha value is -3.37. The van der Waals surface area contributed by atoms with Crippen molar-refractivity contribution in [1.82, 2.24) is 14.7 Å². The minimum absolute atomic E-state index is 0.0165. The first-order valence-corrected chi connectivity index (χ1v) is 11.8. The Labute approximate surface area is 199 Å². The van der Waals surface area contributed by atoms with E-state index in [0.717, 1.165) is 43.6 Å². The van der Waals surface area contributed by atoms with Gasteiger partial charge in [-0.2, -0.15) is 5.10 Å². The third-order valence-electron chi connectivity index (χ3n) is 6.35. The minimum atomic E-state index is 0.0165. The van der Waals surface area contributed by atoms with Crippen LogP contribution in [0, 0.1) is 5.92 Å². The van der Waals surface area contributed by atoms with E-state index >= 15 is 0 Å². The van der Waals surface area contributed by atoms with Gasteiger partial charge in [-0.15, -0.1) is 0 Å². The van der Waals surface area contributed by atoms with E-state index in [9.17, 15) is 4.79 Å². The molecule has 33 heavy (non-hydrogen) atoms. The first kappa shape index (κ1) is 21.5. The number of carbonyl (C=O) groups is 1. The van der Waals surface area contributed by atoms with E-state index in [4.69, 9.17) is 16.7 Å². The third kappa shape index (κ3) is 4.71. The van der Waals surface area contributed by atoms with Crippen LogP contribution in [0.4, 0.5) is 0 Å². The summed E-state index contributed by atoms with van der Waals surface area (Å²) in [6.45, 7) is 1.52. The number of likely N-dealkylation sites (tertiary alicyclic amines) is 1. The van der Waals surface area contributed by atoms with Crippen LogP contribution in [0.3, 0.4) is 0 Å². The second-order valence-corrected chi connectivity index (χ2v) is 8.97. The largest absolute Gasteiger partial charge is 0.337 e. The van der Waals surface area contributed by atoms with Crippen molar-refractivity contribution >= 4 is 17.5 Å². The Kier molecular flexibility index (Phi) is 6.27. The maximum absolute atomic E-state index is 13.6. The minimum Gasteiger partial charge on any atom is -0.337 e. The first-order chi connectivity index (χ1) is 16.2. The highest BCUT2D eigenvalue weighted by Gasteiger charge is 2.27. The molecule has 1 aliphatic heterocycles. The zero-order chi connectivity index (χ0) is 22.6. The fraction of sp³-hybridized carbons (Fsp3) is 0.214. The molecule has 4 aromatic rings. The molecule has 4 nitrogen and oxygen atoms in total. The SMILES string of the molecule is O=C(c1cc(-c2ccccc2Cl)nn1-c1ccccc1)N1CCC(Cc2ccccc2)CC1. The van der Waals surface area contributed by atoms with E-state index in [1.807, 2.05) is 65.6 Å². The molecule has 3 aromatic carbocycles. The van der Waals surface area contributed by atoms with Crippen LogP contribution in [0.15, 0.2) is 91.0 Å². The average molecular weight is 456 g/mol. The molecule has 1 aliphatic rings. The fourth-order valence-electron chi connectivity index (χ4n) is 4.55. The Bertz CT molecular complexity index is 1230. The van der Waals surface area contributed by atoms with E-state index < -0.39 is 0 Å². The monoisotopic (exact) mass is 455 g/mol.